The summed E-state index contributed by atoms with van der Waals surface area (Å²) < 4.78 is 0. The molecule has 0 unspecified atom stereocenters. The number of fused-ring (bicyclic) bond motifs is 1. The summed E-state index contributed by atoms with van der Waals surface area (Å²) in [7, 11) is 0. The number of nitrogens with zero attached hydrogens (tertiary/aromatic N) is 2. The average molecular weight is 263 g/mol. The van der Waals surface area contributed by atoms with Crippen LogP contribution < -0.4 is 5.32 Å². The predicted molar refractivity (Wildman–Crippen MR) is 81.3 cm³/mol. The molecule has 0 radical (unpaired) electrons. The maximum atomic E-state index is 4.65. The number of aromatic nitrogens is 2. The average Bonchev–Trinajstić information content (AvgIpc) is 2.49. The van der Waals surface area contributed by atoms with Crippen LogP contribution in [0.25, 0.3) is 10.9 Å². The minimum Gasteiger partial charge on any atom is -0.307 e. The summed E-state index contributed by atoms with van der Waals surface area (Å²) in [5, 5.41) is 4.61. The third kappa shape index (κ3) is 2.83. The summed E-state index contributed by atoms with van der Waals surface area (Å²) in [5.41, 5.74) is 4.61. The lowest BCUT2D eigenvalue weighted by molar-refractivity contribution is 0.678. The van der Waals surface area contributed by atoms with Crippen LogP contribution in [0.5, 0.6) is 0 Å². The number of hydrogen-bond acceptors (Lipinski definition) is 3. The van der Waals surface area contributed by atoms with Crippen LogP contribution in [0.15, 0.2) is 54.9 Å². The molecule has 3 aromatic rings. The van der Waals surface area contributed by atoms with Gasteiger partial charge < -0.3 is 5.32 Å². The number of benzene rings is 1. The minimum atomic E-state index is 0.770. The van der Waals surface area contributed by atoms with Gasteiger partial charge in [0.2, 0.25) is 0 Å². The fraction of sp³-hybridized carbons (Fsp3) is 0.176. The Labute approximate surface area is 118 Å². The lowest BCUT2D eigenvalue weighted by Crippen LogP contribution is -2.14. The second-order valence-electron chi connectivity index (χ2n) is 4.90. The first-order valence-electron chi connectivity index (χ1n) is 6.78. The number of hydrogen-bond donors (Lipinski definition) is 1. The molecule has 0 fully saturated rings. The van der Waals surface area contributed by atoms with Gasteiger partial charge in [-0.2, -0.15) is 0 Å². The Morgan fingerprint density at radius 2 is 1.90 bits per heavy atom. The highest BCUT2D eigenvalue weighted by Crippen LogP contribution is 2.12. The van der Waals surface area contributed by atoms with Gasteiger partial charge in [0.05, 0.1) is 11.2 Å². The topological polar surface area (TPSA) is 37.8 Å². The van der Waals surface area contributed by atoms with Gasteiger partial charge in [-0.05, 0) is 36.2 Å². The van der Waals surface area contributed by atoms with E-state index in [1.807, 2.05) is 30.6 Å². The monoisotopic (exact) mass is 263 g/mol. The molecule has 3 nitrogen and oxygen atoms in total. The second kappa shape index (κ2) is 5.80. The molecule has 0 saturated carbocycles. The van der Waals surface area contributed by atoms with Gasteiger partial charge in [0, 0.05) is 30.9 Å². The summed E-state index contributed by atoms with van der Waals surface area (Å²) in [6.45, 7) is 3.69. The Bertz CT molecular complexity index is 722. The first kappa shape index (κ1) is 12.8. The van der Waals surface area contributed by atoms with Crippen molar-refractivity contribution in [3.63, 3.8) is 0 Å². The molecule has 0 aliphatic rings. The maximum absolute atomic E-state index is 4.65. The van der Waals surface area contributed by atoms with Crippen LogP contribution in [0.3, 0.4) is 0 Å². The van der Waals surface area contributed by atoms with Gasteiger partial charge in [0.1, 0.15) is 0 Å². The van der Waals surface area contributed by atoms with Crippen molar-refractivity contribution in [3.8, 4) is 0 Å². The summed E-state index contributed by atoms with van der Waals surface area (Å²) in [6, 6.07) is 14.4. The lowest BCUT2D eigenvalue weighted by Gasteiger charge is -2.07. The van der Waals surface area contributed by atoms with Gasteiger partial charge in [-0.15, -0.1) is 0 Å². The van der Waals surface area contributed by atoms with Gasteiger partial charge in [-0.3, -0.25) is 9.97 Å². The standard InChI is InChI=1S/C17H17N3/c1-13-10-18-9-8-15(13)11-19-12-16-7-6-14-4-2-3-5-17(14)20-16/h2-10,19H,11-12H2,1H3. The van der Waals surface area contributed by atoms with Crippen LogP contribution in [0.4, 0.5) is 0 Å². The number of rotatable bonds is 4. The molecule has 2 aromatic heterocycles. The zero-order chi connectivity index (χ0) is 13.8. The van der Waals surface area contributed by atoms with Gasteiger partial charge in [-0.1, -0.05) is 24.3 Å². The van der Waals surface area contributed by atoms with Crippen molar-refractivity contribution in [2.24, 2.45) is 0 Å². The molecule has 0 amide bonds. The van der Waals surface area contributed by atoms with Crippen LogP contribution in [0, 0.1) is 6.92 Å². The first-order valence-corrected chi connectivity index (χ1v) is 6.78. The van der Waals surface area contributed by atoms with E-state index in [-0.39, 0.29) is 0 Å². The molecule has 3 heteroatoms. The lowest BCUT2D eigenvalue weighted by atomic mass is 10.1. The van der Waals surface area contributed by atoms with Crippen molar-refractivity contribution in [1.29, 1.82) is 0 Å². The van der Waals surface area contributed by atoms with E-state index in [1.165, 1.54) is 16.5 Å². The third-order valence-electron chi connectivity index (χ3n) is 3.41. The van der Waals surface area contributed by atoms with E-state index >= 15 is 0 Å². The predicted octanol–water partition coefficient (Wildman–Crippen LogP) is 3.23. The Balaban J connectivity index is 1.67. The zero-order valence-electron chi connectivity index (χ0n) is 11.5. The molecule has 2 heterocycles. The molecule has 0 atom stereocenters. The Hall–Kier alpha value is -2.26. The highest BCUT2D eigenvalue weighted by Gasteiger charge is 2.00. The molecule has 1 aromatic carbocycles. The summed E-state index contributed by atoms with van der Waals surface area (Å²) in [5.74, 6) is 0. The maximum Gasteiger partial charge on any atom is 0.0705 e. The van der Waals surface area contributed by atoms with Gasteiger partial charge in [-0.25, -0.2) is 0 Å². The third-order valence-corrected chi connectivity index (χ3v) is 3.41. The molecule has 0 spiro atoms. The quantitative estimate of drug-likeness (QED) is 0.785. The number of nitrogens with one attached hydrogen (secondary N) is 1. The van der Waals surface area contributed by atoms with Crippen molar-refractivity contribution in [2.45, 2.75) is 20.0 Å². The SMILES string of the molecule is Cc1cnccc1CNCc1ccc2ccccc2n1. The normalized spacial score (nSPS) is 10.8. The highest BCUT2D eigenvalue weighted by molar-refractivity contribution is 5.78. The molecule has 0 bridgehead atoms. The van der Waals surface area contributed by atoms with Crippen molar-refractivity contribution < 1.29 is 0 Å². The molecule has 1 N–H and O–H groups in total. The van der Waals surface area contributed by atoms with Crippen LogP contribution in [0.1, 0.15) is 16.8 Å². The molecular formula is C17H17N3. The van der Waals surface area contributed by atoms with E-state index in [2.05, 4.69) is 46.5 Å². The largest absolute Gasteiger partial charge is 0.307 e. The van der Waals surface area contributed by atoms with Gasteiger partial charge in [0.15, 0.2) is 0 Å². The molecule has 0 aliphatic heterocycles. The van der Waals surface area contributed by atoms with E-state index in [4.69, 9.17) is 0 Å². The summed E-state index contributed by atoms with van der Waals surface area (Å²) >= 11 is 0. The van der Waals surface area contributed by atoms with Crippen molar-refractivity contribution >= 4 is 10.9 Å². The fourth-order valence-corrected chi connectivity index (χ4v) is 2.23. The summed E-state index contributed by atoms with van der Waals surface area (Å²) in [6.07, 6.45) is 3.73. The van der Waals surface area contributed by atoms with E-state index < -0.39 is 0 Å². The molecule has 0 saturated heterocycles. The van der Waals surface area contributed by atoms with Gasteiger partial charge in [0.25, 0.3) is 0 Å². The number of aryl methyl sites for hydroxylation is 1. The fourth-order valence-electron chi connectivity index (χ4n) is 2.23. The van der Waals surface area contributed by atoms with E-state index in [0.29, 0.717) is 0 Å². The molecular weight excluding hydrogens is 246 g/mol. The Morgan fingerprint density at radius 3 is 2.80 bits per heavy atom. The van der Waals surface area contributed by atoms with Crippen molar-refractivity contribution in [2.75, 3.05) is 0 Å². The van der Waals surface area contributed by atoms with Crippen LogP contribution in [-0.4, -0.2) is 9.97 Å². The Kier molecular flexibility index (Phi) is 3.70. The smallest absolute Gasteiger partial charge is 0.0705 e. The van der Waals surface area contributed by atoms with Crippen LogP contribution in [0.2, 0.25) is 0 Å². The highest BCUT2D eigenvalue weighted by atomic mass is 14.9. The Morgan fingerprint density at radius 1 is 1.00 bits per heavy atom. The van der Waals surface area contributed by atoms with Crippen molar-refractivity contribution in [3.05, 3.63) is 71.7 Å². The van der Waals surface area contributed by atoms with Crippen LogP contribution in [-0.2, 0) is 13.1 Å². The van der Waals surface area contributed by atoms with Crippen LogP contribution >= 0.6 is 0 Å². The summed E-state index contributed by atoms with van der Waals surface area (Å²) in [4.78, 5) is 8.76. The van der Waals surface area contributed by atoms with Gasteiger partial charge >= 0.3 is 0 Å². The van der Waals surface area contributed by atoms with E-state index in [9.17, 15) is 0 Å². The molecule has 20 heavy (non-hydrogen) atoms. The van der Waals surface area contributed by atoms with E-state index in [1.54, 1.807) is 0 Å². The molecule has 100 valence electrons. The molecule has 0 aliphatic carbocycles. The van der Waals surface area contributed by atoms with Crippen molar-refractivity contribution in [1.82, 2.24) is 15.3 Å². The first-order chi connectivity index (χ1) is 9.83. The van der Waals surface area contributed by atoms with E-state index in [0.717, 1.165) is 24.3 Å². The second-order valence-corrected chi connectivity index (χ2v) is 4.90. The number of para-hydroxylation sites is 1. The molecule has 3 rings (SSSR count). The zero-order valence-corrected chi connectivity index (χ0v) is 11.5. The minimum absolute atomic E-state index is 0.770. The number of pyridine rings is 2.